The first-order valence-corrected chi connectivity index (χ1v) is 7.92. The molecule has 0 spiro atoms. The van der Waals surface area contributed by atoms with Crippen LogP contribution in [0.1, 0.15) is 44.1 Å². The lowest BCUT2D eigenvalue weighted by atomic mass is 9.86. The van der Waals surface area contributed by atoms with Crippen molar-refractivity contribution in [2.24, 2.45) is 0 Å². The minimum absolute atomic E-state index is 0.0872. The molecule has 1 saturated carbocycles. The molecule has 3 nitrogen and oxygen atoms in total. The van der Waals surface area contributed by atoms with Crippen LogP contribution in [-0.4, -0.2) is 23.6 Å². The van der Waals surface area contributed by atoms with Crippen molar-refractivity contribution >= 4 is 21.7 Å². The number of ketones is 1. The van der Waals surface area contributed by atoms with E-state index in [1.165, 1.54) is 0 Å². The van der Waals surface area contributed by atoms with Gasteiger partial charge in [0.1, 0.15) is 11.4 Å². The first-order valence-electron chi connectivity index (χ1n) is 7.13. The van der Waals surface area contributed by atoms with Crippen molar-refractivity contribution in [2.45, 2.75) is 50.5 Å². The van der Waals surface area contributed by atoms with Gasteiger partial charge in [0.05, 0.1) is 7.11 Å². The summed E-state index contributed by atoms with van der Waals surface area (Å²) >= 11 is 3.41. The van der Waals surface area contributed by atoms with Crippen molar-refractivity contribution in [3.63, 3.8) is 0 Å². The second-order valence-corrected chi connectivity index (χ2v) is 6.42. The fourth-order valence-electron chi connectivity index (χ4n) is 2.82. The molecule has 20 heavy (non-hydrogen) atoms. The van der Waals surface area contributed by atoms with E-state index in [9.17, 15) is 9.90 Å². The highest BCUT2D eigenvalue weighted by atomic mass is 79.9. The van der Waals surface area contributed by atoms with Crippen LogP contribution in [0.4, 0.5) is 0 Å². The predicted octanol–water partition coefficient (Wildman–Crippen LogP) is 3.65. The van der Waals surface area contributed by atoms with Gasteiger partial charge in [-0.3, -0.25) is 4.79 Å². The first kappa shape index (κ1) is 15.5. The van der Waals surface area contributed by atoms with Gasteiger partial charge in [0.25, 0.3) is 0 Å². The topological polar surface area (TPSA) is 46.5 Å². The zero-order valence-electron chi connectivity index (χ0n) is 11.8. The Kier molecular flexibility index (Phi) is 5.22. The van der Waals surface area contributed by atoms with E-state index in [-0.39, 0.29) is 12.2 Å². The molecule has 1 N–H and O–H groups in total. The summed E-state index contributed by atoms with van der Waals surface area (Å²) in [6, 6.07) is 5.60. The van der Waals surface area contributed by atoms with Gasteiger partial charge in [-0.1, -0.05) is 41.6 Å². The molecule has 0 saturated heterocycles. The number of hydrogen-bond donors (Lipinski definition) is 1. The van der Waals surface area contributed by atoms with Gasteiger partial charge in [-0.05, 0) is 31.0 Å². The number of carbonyl (C=O) groups is 1. The standard InChI is InChI=1S/C16H21BrO3/c1-20-14-7-6-13(17)10-12(14)11-15(18)16(19)8-4-2-3-5-9-16/h6-7,10,19H,2-5,8-9,11H2,1H3. The third-order valence-electron chi connectivity index (χ3n) is 4.04. The Morgan fingerprint density at radius 3 is 2.55 bits per heavy atom. The summed E-state index contributed by atoms with van der Waals surface area (Å²) in [6.07, 6.45) is 5.46. The Hall–Kier alpha value is -0.870. The van der Waals surface area contributed by atoms with E-state index < -0.39 is 5.60 Å². The van der Waals surface area contributed by atoms with Crippen LogP contribution in [0.15, 0.2) is 22.7 Å². The highest BCUT2D eigenvalue weighted by Crippen LogP contribution is 2.31. The predicted molar refractivity (Wildman–Crippen MR) is 82.1 cm³/mol. The lowest BCUT2D eigenvalue weighted by Crippen LogP contribution is -2.39. The SMILES string of the molecule is COc1ccc(Br)cc1CC(=O)C1(O)CCCCCC1. The highest BCUT2D eigenvalue weighted by molar-refractivity contribution is 9.10. The molecule has 1 aliphatic carbocycles. The molecule has 1 aliphatic rings. The summed E-state index contributed by atoms with van der Waals surface area (Å²) in [5.41, 5.74) is -0.325. The van der Waals surface area contributed by atoms with E-state index in [0.717, 1.165) is 35.7 Å². The van der Waals surface area contributed by atoms with Gasteiger partial charge in [0.2, 0.25) is 0 Å². The normalized spacial score (nSPS) is 18.4. The smallest absolute Gasteiger partial charge is 0.168 e. The molecule has 0 amide bonds. The number of aliphatic hydroxyl groups is 1. The number of methoxy groups -OCH3 is 1. The molecule has 0 heterocycles. The monoisotopic (exact) mass is 340 g/mol. The second-order valence-electron chi connectivity index (χ2n) is 5.50. The van der Waals surface area contributed by atoms with E-state index in [2.05, 4.69) is 15.9 Å². The number of ether oxygens (including phenoxy) is 1. The summed E-state index contributed by atoms with van der Waals surface area (Å²) in [6.45, 7) is 0. The van der Waals surface area contributed by atoms with Gasteiger partial charge in [0, 0.05) is 16.5 Å². The number of halogens is 1. The zero-order chi connectivity index (χ0) is 14.6. The van der Waals surface area contributed by atoms with Crippen LogP contribution in [0.2, 0.25) is 0 Å². The van der Waals surface area contributed by atoms with Crippen LogP contribution >= 0.6 is 15.9 Å². The molecule has 0 bridgehead atoms. The van der Waals surface area contributed by atoms with Gasteiger partial charge < -0.3 is 9.84 Å². The first-order chi connectivity index (χ1) is 9.55. The molecule has 1 fully saturated rings. The summed E-state index contributed by atoms with van der Waals surface area (Å²) in [5.74, 6) is 0.606. The number of hydrogen-bond acceptors (Lipinski definition) is 3. The molecule has 0 unspecified atom stereocenters. The Balaban J connectivity index is 2.16. The maximum Gasteiger partial charge on any atom is 0.168 e. The zero-order valence-corrected chi connectivity index (χ0v) is 13.4. The summed E-state index contributed by atoms with van der Waals surface area (Å²) < 4.78 is 6.20. The molecule has 0 aliphatic heterocycles. The van der Waals surface area contributed by atoms with Crippen molar-refractivity contribution in [3.8, 4) is 5.75 Å². The molecule has 0 radical (unpaired) electrons. The number of carbonyl (C=O) groups excluding carboxylic acids is 1. The Morgan fingerprint density at radius 2 is 1.95 bits per heavy atom. The summed E-state index contributed by atoms with van der Waals surface area (Å²) in [7, 11) is 1.59. The minimum atomic E-state index is -1.15. The van der Waals surface area contributed by atoms with Crippen LogP contribution in [0.25, 0.3) is 0 Å². The lowest BCUT2D eigenvalue weighted by Gasteiger charge is -2.25. The lowest BCUT2D eigenvalue weighted by molar-refractivity contribution is -0.138. The minimum Gasteiger partial charge on any atom is -0.496 e. The summed E-state index contributed by atoms with van der Waals surface area (Å²) in [5, 5.41) is 10.6. The van der Waals surface area contributed by atoms with E-state index in [1.807, 2.05) is 18.2 Å². The maximum absolute atomic E-state index is 12.5. The van der Waals surface area contributed by atoms with Gasteiger partial charge >= 0.3 is 0 Å². The van der Waals surface area contributed by atoms with Crippen LogP contribution in [-0.2, 0) is 11.2 Å². The van der Waals surface area contributed by atoms with Crippen LogP contribution < -0.4 is 4.74 Å². The van der Waals surface area contributed by atoms with E-state index in [1.54, 1.807) is 7.11 Å². The average Bonchev–Trinajstić information content (AvgIpc) is 2.65. The maximum atomic E-state index is 12.5. The van der Waals surface area contributed by atoms with E-state index >= 15 is 0 Å². The van der Waals surface area contributed by atoms with Gasteiger partial charge in [-0.25, -0.2) is 0 Å². The third-order valence-corrected chi connectivity index (χ3v) is 4.54. The van der Waals surface area contributed by atoms with Crippen LogP contribution in [0, 0.1) is 0 Å². The highest BCUT2D eigenvalue weighted by Gasteiger charge is 2.35. The second kappa shape index (κ2) is 6.72. The van der Waals surface area contributed by atoms with E-state index in [0.29, 0.717) is 18.6 Å². The summed E-state index contributed by atoms with van der Waals surface area (Å²) in [4.78, 5) is 12.5. The van der Waals surface area contributed by atoms with E-state index in [4.69, 9.17) is 4.74 Å². The number of benzene rings is 1. The van der Waals surface area contributed by atoms with Crippen molar-refractivity contribution < 1.29 is 14.6 Å². The molecule has 110 valence electrons. The number of Topliss-reactive ketones (excluding diaryl/α,β-unsaturated/α-hetero) is 1. The quantitative estimate of drug-likeness (QED) is 0.851. The fourth-order valence-corrected chi connectivity index (χ4v) is 3.22. The molecule has 0 atom stereocenters. The molecule has 1 aromatic rings. The van der Waals surface area contributed by atoms with Crippen molar-refractivity contribution in [1.29, 1.82) is 0 Å². The molecule has 0 aromatic heterocycles. The molecular weight excluding hydrogens is 320 g/mol. The molecule has 1 aromatic carbocycles. The Morgan fingerprint density at radius 1 is 1.30 bits per heavy atom. The Bertz CT molecular complexity index is 477. The van der Waals surface area contributed by atoms with Crippen molar-refractivity contribution in [2.75, 3.05) is 7.11 Å². The van der Waals surface area contributed by atoms with Crippen molar-refractivity contribution in [1.82, 2.24) is 0 Å². The number of rotatable bonds is 4. The van der Waals surface area contributed by atoms with Crippen LogP contribution in [0.5, 0.6) is 5.75 Å². The largest absolute Gasteiger partial charge is 0.496 e. The van der Waals surface area contributed by atoms with Crippen molar-refractivity contribution in [3.05, 3.63) is 28.2 Å². The Labute approximate surface area is 128 Å². The van der Waals surface area contributed by atoms with Gasteiger partial charge in [0.15, 0.2) is 5.78 Å². The molecular formula is C16H21BrO3. The third kappa shape index (κ3) is 3.61. The molecule has 2 rings (SSSR count). The van der Waals surface area contributed by atoms with Gasteiger partial charge in [-0.2, -0.15) is 0 Å². The molecule has 4 heteroatoms. The van der Waals surface area contributed by atoms with Gasteiger partial charge in [-0.15, -0.1) is 0 Å². The fraction of sp³-hybridized carbons (Fsp3) is 0.562. The average molecular weight is 341 g/mol. The van der Waals surface area contributed by atoms with Crippen LogP contribution in [0.3, 0.4) is 0 Å².